The van der Waals surface area contributed by atoms with Crippen LogP contribution in [0.15, 0.2) is 65.9 Å². The summed E-state index contributed by atoms with van der Waals surface area (Å²) < 4.78 is 7.24. The van der Waals surface area contributed by atoms with E-state index < -0.39 is 0 Å². The number of guanidine groups is 1. The first-order chi connectivity index (χ1) is 13.6. The standard InChI is InChI=1S/C21H24ClN5O.HI/c1-15(16-6-4-7-19(12-16)27-11-5-10-25-27)26-21(23-2)24-14-17-8-9-18(22)13-20(17)28-3;/h4-13,15H,14H2,1-3H3,(H2,23,24,26);1H. The Labute approximate surface area is 193 Å². The number of aromatic nitrogens is 2. The van der Waals surface area contributed by atoms with Gasteiger partial charge in [0.1, 0.15) is 5.75 Å². The smallest absolute Gasteiger partial charge is 0.191 e. The molecular weight excluding hydrogens is 501 g/mol. The van der Waals surface area contributed by atoms with E-state index in [-0.39, 0.29) is 30.0 Å². The van der Waals surface area contributed by atoms with Crippen LogP contribution in [0.4, 0.5) is 0 Å². The Bertz CT molecular complexity index is 946. The number of hydrogen-bond donors (Lipinski definition) is 2. The van der Waals surface area contributed by atoms with Crippen LogP contribution in [0.5, 0.6) is 5.75 Å². The van der Waals surface area contributed by atoms with Gasteiger partial charge in [0.15, 0.2) is 5.96 Å². The van der Waals surface area contributed by atoms with E-state index in [9.17, 15) is 0 Å². The first-order valence-electron chi connectivity index (χ1n) is 9.00. The maximum absolute atomic E-state index is 6.03. The fourth-order valence-electron chi connectivity index (χ4n) is 2.88. The zero-order chi connectivity index (χ0) is 19.9. The molecule has 3 rings (SSSR count). The average molecular weight is 526 g/mol. The Morgan fingerprint density at radius 3 is 2.76 bits per heavy atom. The minimum absolute atomic E-state index is 0. The van der Waals surface area contributed by atoms with Crippen molar-refractivity contribution in [1.29, 1.82) is 0 Å². The molecular formula is C21H25ClIN5O. The van der Waals surface area contributed by atoms with E-state index in [1.54, 1.807) is 26.4 Å². The number of halogens is 2. The molecule has 0 amide bonds. The van der Waals surface area contributed by atoms with Gasteiger partial charge in [-0.05, 0) is 42.8 Å². The summed E-state index contributed by atoms with van der Waals surface area (Å²) in [4.78, 5) is 4.32. The third kappa shape index (κ3) is 6.11. The first kappa shape index (κ1) is 23.0. The van der Waals surface area contributed by atoms with Crippen LogP contribution in [0.25, 0.3) is 5.69 Å². The molecule has 3 aromatic rings. The van der Waals surface area contributed by atoms with Gasteiger partial charge in [-0.15, -0.1) is 24.0 Å². The molecule has 154 valence electrons. The van der Waals surface area contributed by atoms with Crippen molar-refractivity contribution in [3.63, 3.8) is 0 Å². The van der Waals surface area contributed by atoms with E-state index in [0.29, 0.717) is 17.5 Å². The second kappa shape index (κ2) is 11.1. The van der Waals surface area contributed by atoms with Crippen molar-refractivity contribution in [2.75, 3.05) is 14.2 Å². The predicted molar refractivity (Wildman–Crippen MR) is 129 cm³/mol. The highest BCUT2D eigenvalue weighted by atomic mass is 127. The summed E-state index contributed by atoms with van der Waals surface area (Å²) in [5, 5.41) is 11.7. The molecule has 1 atom stereocenters. The van der Waals surface area contributed by atoms with Gasteiger partial charge in [-0.3, -0.25) is 4.99 Å². The summed E-state index contributed by atoms with van der Waals surface area (Å²) in [6.45, 7) is 2.66. The van der Waals surface area contributed by atoms with E-state index in [1.807, 2.05) is 41.2 Å². The van der Waals surface area contributed by atoms with E-state index >= 15 is 0 Å². The first-order valence-corrected chi connectivity index (χ1v) is 9.38. The number of rotatable bonds is 6. The normalized spacial score (nSPS) is 12.1. The highest BCUT2D eigenvalue weighted by Gasteiger charge is 2.10. The lowest BCUT2D eigenvalue weighted by Crippen LogP contribution is -2.38. The molecule has 1 heterocycles. The Balaban J connectivity index is 0.00000300. The minimum Gasteiger partial charge on any atom is -0.496 e. The van der Waals surface area contributed by atoms with Gasteiger partial charge < -0.3 is 15.4 Å². The van der Waals surface area contributed by atoms with Crippen molar-refractivity contribution in [3.8, 4) is 11.4 Å². The maximum atomic E-state index is 6.03. The van der Waals surface area contributed by atoms with Crippen LogP contribution in [0.3, 0.4) is 0 Å². The predicted octanol–water partition coefficient (Wildman–Crippen LogP) is 4.58. The zero-order valence-corrected chi connectivity index (χ0v) is 19.7. The van der Waals surface area contributed by atoms with Crippen LogP contribution in [0.1, 0.15) is 24.1 Å². The lowest BCUT2D eigenvalue weighted by atomic mass is 10.1. The van der Waals surface area contributed by atoms with Crippen LogP contribution in [-0.2, 0) is 6.54 Å². The monoisotopic (exact) mass is 525 g/mol. The molecule has 1 aromatic heterocycles. The van der Waals surface area contributed by atoms with Crippen molar-refractivity contribution in [1.82, 2.24) is 20.4 Å². The largest absolute Gasteiger partial charge is 0.496 e. The summed E-state index contributed by atoms with van der Waals surface area (Å²) in [6.07, 6.45) is 3.70. The molecule has 8 heteroatoms. The van der Waals surface area contributed by atoms with Crippen LogP contribution in [0, 0.1) is 0 Å². The van der Waals surface area contributed by atoms with E-state index in [0.717, 1.165) is 22.6 Å². The number of benzene rings is 2. The van der Waals surface area contributed by atoms with Crippen molar-refractivity contribution < 1.29 is 4.74 Å². The Morgan fingerprint density at radius 1 is 1.24 bits per heavy atom. The van der Waals surface area contributed by atoms with Crippen molar-refractivity contribution in [2.45, 2.75) is 19.5 Å². The van der Waals surface area contributed by atoms with Gasteiger partial charge in [0.05, 0.1) is 18.8 Å². The SMILES string of the molecule is CN=C(NCc1ccc(Cl)cc1OC)NC(C)c1cccc(-n2cccn2)c1.I. The molecule has 6 nitrogen and oxygen atoms in total. The molecule has 0 fully saturated rings. The summed E-state index contributed by atoms with van der Waals surface area (Å²) in [6, 6.07) is 15.8. The van der Waals surface area contributed by atoms with Crippen LogP contribution in [-0.4, -0.2) is 29.9 Å². The van der Waals surface area contributed by atoms with Gasteiger partial charge in [-0.1, -0.05) is 29.8 Å². The zero-order valence-electron chi connectivity index (χ0n) is 16.6. The Hall–Kier alpha value is -2.26. The van der Waals surface area contributed by atoms with E-state index in [1.165, 1.54) is 0 Å². The quantitative estimate of drug-likeness (QED) is 0.281. The Kier molecular flexibility index (Phi) is 8.78. The van der Waals surface area contributed by atoms with Crippen LogP contribution in [0.2, 0.25) is 5.02 Å². The highest BCUT2D eigenvalue weighted by molar-refractivity contribution is 14.0. The fraction of sp³-hybridized carbons (Fsp3) is 0.238. The molecule has 29 heavy (non-hydrogen) atoms. The van der Waals surface area contributed by atoms with Crippen LogP contribution < -0.4 is 15.4 Å². The number of hydrogen-bond acceptors (Lipinski definition) is 3. The molecule has 0 aliphatic heterocycles. The topological polar surface area (TPSA) is 63.5 Å². The second-order valence-corrected chi connectivity index (χ2v) is 6.73. The maximum Gasteiger partial charge on any atom is 0.191 e. The lowest BCUT2D eigenvalue weighted by molar-refractivity contribution is 0.409. The minimum atomic E-state index is 0. The molecule has 0 spiro atoms. The molecule has 0 saturated heterocycles. The van der Waals surface area contributed by atoms with E-state index in [2.05, 4.69) is 39.8 Å². The molecule has 0 radical (unpaired) electrons. The Morgan fingerprint density at radius 2 is 2.07 bits per heavy atom. The average Bonchev–Trinajstić information content (AvgIpc) is 3.26. The summed E-state index contributed by atoms with van der Waals surface area (Å²) in [7, 11) is 3.39. The molecule has 0 aliphatic carbocycles. The number of nitrogens with one attached hydrogen (secondary N) is 2. The molecule has 2 aromatic carbocycles. The number of nitrogens with zero attached hydrogens (tertiary/aromatic N) is 3. The molecule has 0 bridgehead atoms. The van der Waals surface area contributed by atoms with E-state index in [4.69, 9.17) is 16.3 Å². The molecule has 2 N–H and O–H groups in total. The number of ether oxygens (including phenoxy) is 1. The van der Waals surface area contributed by atoms with Gasteiger partial charge in [-0.25, -0.2) is 4.68 Å². The fourth-order valence-corrected chi connectivity index (χ4v) is 3.05. The van der Waals surface area contributed by atoms with Gasteiger partial charge in [-0.2, -0.15) is 5.10 Å². The third-order valence-corrected chi connectivity index (χ3v) is 4.65. The highest BCUT2D eigenvalue weighted by Crippen LogP contribution is 2.23. The summed E-state index contributed by atoms with van der Waals surface area (Å²) in [5.41, 5.74) is 3.16. The van der Waals surface area contributed by atoms with Crippen molar-refractivity contribution in [3.05, 3.63) is 77.1 Å². The second-order valence-electron chi connectivity index (χ2n) is 6.29. The molecule has 1 unspecified atom stereocenters. The van der Waals surface area contributed by atoms with Gasteiger partial charge in [0, 0.05) is 36.6 Å². The van der Waals surface area contributed by atoms with Crippen molar-refractivity contribution in [2.24, 2.45) is 4.99 Å². The summed E-state index contributed by atoms with van der Waals surface area (Å²) in [5.74, 6) is 1.45. The van der Waals surface area contributed by atoms with Crippen LogP contribution >= 0.6 is 35.6 Å². The molecule has 0 saturated carbocycles. The number of aliphatic imine (C=N–C) groups is 1. The van der Waals surface area contributed by atoms with Gasteiger partial charge >= 0.3 is 0 Å². The van der Waals surface area contributed by atoms with Gasteiger partial charge in [0.2, 0.25) is 0 Å². The van der Waals surface area contributed by atoms with Gasteiger partial charge in [0.25, 0.3) is 0 Å². The lowest BCUT2D eigenvalue weighted by Gasteiger charge is -2.19. The number of methoxy groups -OCH3 is 1. The third-order valence-electron chi connectivity index (χ3n) is 4.41. The summed E-state index contributed by atoms with van der Waals surface area (Å²) >= 11 is 6.03. The van der Waals surface area contributed by atoms with Crippen molar-refractivity contribution >= 4 is 41.5 Å². The molecule has 0 aliphatic rings.